The lowest BCUT2D eigenvalue weighted by Crippen LogP contribution is -2.46. The number of aliphatic hydroxyl groups excluding tert-OH is 2. The molecule has 0 bridgehead atoms. The molecule has 4 N–H and O–H groups in total. The second kappa shape index (κ2) is 17.0. The number of carbonyl (C=O) groups excluding carboxylic acids is 2. The molecule has 41 heavy (non-hydrogen) atoms. The van der Waals surface area contributed by atoms with Crippen LogP contribution in [-0.4, -0.2) is 54.4 Å². The van der Waals surface area contributed by atoms with E-state index in [0.29, 0.717) is 18.6 Å². The Hall–Kier alpha value is -3.98. The summed E-state index contributed by atoms with van der Waals surface area (Å²) in [7, 11) is 1.49. The van der Waals surface area contributed by atoms with Crippen molar-refractivity contribution in [3.8, 4) is 5.75 Å². The van der Waals surface area contributed by atoms with Gasteiger partial charge in [-0.15, -0.1) is 6.58 Å². The zero-order valence-corrected chi connectivity index (χ0v) is 23.4. The van der Waals surface area contributed by atoms with Gasteiger partial charge in [-0.2, -0.15) is 0 Å². The van der Waals surface area contributed by atoms with Crippen LogP contribution in [0.15, 0.2) is 97.6 Å². The fourth-order valence-electron chi connectivity index (χ4n) is 4.48. The standard InChI is InChI=1S/C33H40N2O6/c1-3-10-27(33(39)35-30(23-40-2)32(38)26-13-8-5-9-14-26)20-31(37)34-28(21-36)19-24-15-17-29(18-16-24)41-22-25-11-6-4-7-12-25/h3-9,11-18,27-28,30,32,36,38H,1,10,19-23H2,2H3,(H,34,37)(H,35,39). The van der Waals surface area contributed by atoms with Gasteiger partial charge >= 0.3 is 0 Å². The zero-order valence-electron chi connectivity index (χ0n) is 23.4. The number of ether oxygens (including phenoxy) is 2. The lowest BCUT2D eigenvalue weighted by atomic mass is 9.97. The highest BCUT2D eigenvalue weighted by atomic mass is 16.5. The summed E-state index contributed by atoms with van der Waals surface area (Å²) >= 11 is 0. The van der Waals surface area contributed by atoms with Crippen molar-refractivity contribution >= 4 is 11.8 Å². The van der Waals surface area contributed by atoms with Crippen LogP contribution in [0.5, 0.6) is 5.75 Å². The van der Waals surface area contributed by atoms with Gasteiger partial charge in [-0.3, -0.25) is 9.59 Å². The van der Waals surface area contributed by atoms with E-state index in [2.05, 4.69) is 17.2 Å². The van der Waals surface area contributed by atoms with Crippen LogP contribution in [0, 0.1) is 5.92 Å². The highest BCUT2D eigenvalue weighted by Gasteiger charge is 2.28. The van der Waals surface area contributed by atoms with Crippen LogP contribution in [0.2, 0.25) is 0 Å². The van der Waals surface area contributed by atoms with Crippen molar-refractivity contribution in [2.75, 3.05) is 20.3 Å². The molecule has 0 aliphatic rings. The summed E-state index contributed by atoms with van der Waals surface area (Å²) in [5.41, 5.74) is 2.65. The van der Waals surface area contributed by atoms with E-state index in [1.165, 1.54) is 7.11 Å². The third kappa shape index (κ3) is 10.5. The van der Waals surface area contributed by atoms with Crippen molar-refractivity contribution in [3.05, 3.63) is 114 Å². The van der Waals surface area contributed by atoms with Gasteiger partial charge in [0.15, 0.2) is 0 Å². The van der Waals surface area contributed by atoms with Crippen LogP contribution in [-0.2, 0) is 27.4 Å². The minimum Gasteiger partial charge on any atom is -0.489 e. The van der Waals surface area contributed by atoms with Crippen molar-refractivity contribution < 1.29 is 29.3 Å². The summed E-state index contributed by atoms with van der Waals surface area (Å²) in [6.45, 7) is 4.03. The second-order valence-electron chi connectivity index (χ2n) is 9.92. The molecule has 0 saturated heterocycles. The number of benzene rings is 3. The van der Waals surface area contributed by atoms with Gasteiger partial charge in [0, 0.05) is 13.5 Å². The maximum Gasteiger partial charge on any atom is 0.224 e. The van der Waals surface area contributed by atoms with E-state index in [1.54, 1.807) is 30.3 Å². The normalized spacial score (nSPS) is 13.8. The average molecular weight is 561 g/mol. The summed E-state index contributed by atoms with van der Waals surface area (Å²) in [5.74, 6) is -0.718. The summed E-state index contributed by atoms with van der Waals surface area (Å²) in [6.07, 6.45) is 1.20. The van der Waals surface area contributed by atoms with Gasteiger partial charge in [-0.25, -0.2) is 0 Å². The second-order valence-corrected chi connectivity index (χ2v) is 9.92. The number of allylic oxidation sites excluding steroid dienone is 1. The Morgan fingerprint density at radius 3 is 2.20 bits per heavy atom. The highest BCUT2D eigenvalue weighted by Crippen LogP contribution is 2.19. The Morgan fingerprint density at radius 2 is 1.59 bits per heavy atom. The van der Waals surface area contributed by atoms with Gasteiger partial charge in [-0.1, -0.05) is 78.9 Å². The molecule has 4 unspecified atom stereocenters. The van der Waals surface area contributed by atoms with Gasteiger partial charge in [0.25, 0.3) is 0 Å². The third-order valence-electron chi connectivity index (χ3n) is 6.69. The number of methoxy groups -OCH3 is 1. The molecule has 0 aliphatic carbocycles. The molecule has 0 radical (unpaired) electrons. The highest BCUT2D eigenvalue weighted by molar-refractivity contribution is 5.86. The molecular weight excluding hydrogens is 520 g/mol. The van der Waals surface area contributed by atoms with E-state index in [9.17, 15) is 19.8 Å². The fraction of sp³-hybridized carbons (Fsp3) is 0.333. The number of hydrogen-bond acceptors (Lipinski definition) is 6. The molecule has 3 aromatic rings. The molecule has 0 fully saturated rings. The van der Waals surface area contributed by atoms with E-state index in [-0.39, 0.29) is 37.9 Å². The van der Waals surface area contributed by atoms with Crippen LogP contribution in [0.25, 0.3) is 0 Å². The number of nitrogens with one attached hydrogen (secondary N) is 2. The summed E-state index contributed by atoms with van der Waals surface area (Å²) in [6, 6.07) is 25.2. The molecule has 0 aliphatic heterocycles. The van der Waals surface area contributed by atoms with E-state index in [1.807, 2.05) is 60.7 Å². The van der Waals surface area contributed by atoms with Crippen molar-refractivity contribution in [3.63, 3.8) is 0 Å². The quantitative estimate of drug-likeness (QED) is 0.187. The Balaban J connectivity index is 1.54. The van der Waals surface area contributed by atoms with Gasteiger partial charge in [0.05, 0.1) is 31.2 Å². The molecule has 0 heterocycles. The fourth-order valence-corrected chi connectivity index (χ4v) is 4.48. The van der Waals surface area contributed by atoms with Gasteiger partial charge < -0.3 is 30.3 Å². The van der Waals surface area contributed by atoms with E-state index in [0.717, 1.165) is 16.9 Å². The topological polar surface area (TPSA) is 117 Å². The maximum absolute atomic E-state index is 13.1. The van der Waals surface area contributed by atoms with Crippen LogP contribution < -0.4 is 15.4 Å². The predicted molar refractivity (Wildman–Crippen MR) is 158 cm³/mol. The molecule has 4 atom stereocenters. The molecule has 3 aromatic carbocycles. The first kappa shape index (κ1) is 31.5. The van der Waals surface area contributed by atoms with Crippen LogP contribution in [0.4, 0.5) is 0 Å². The van der Waals surface area contributed by atoms with Crippen molar-refractivity contribution in [1.82, 2.24) is 10.6 Å². The van der Waals surface area contributed by atoms with Crippen LogP contribution in [0.1, 0.15) is 35.6 Å². The first-order chi connectivity index (χ1) is 19.9. The van der Waals surface area contributed by atoms with Gasteiger partial charge in [0.1, 0.15) is 18.5 Å². The lowest BCUT2D eigenvalue weighted by molar-refractivity contribution is -0.132. The Bertz CT molecular complexity index is 1200. The van der Waals surface area contributed by atoms with E-state index < -0.39 is 24.1 Å². The van der Waals surface area contributed by atoms with Gasteiger partial charge in [-0.05, 0) is 41.7 Å². The lowest BCUT2D eigenvalue weighted by Gasteiger charge is -2.26. The molecular formula is C33H40N2O6. The molecule has 0 saturated carbocycles. The number of amides is 2. The smallest absolute Gasteiger partial charge is 0.224 e. The number of hydrogen-bond donors (Lipinski definition) is 4. The molecule has 0 aromatic heterocycles. The van der Waals surface area contributed by atoms with Crippen molar-refractivity contribution in [2.24, 2.45) is 5.92 Å². The average Bonchev–Trinajstić information content (AvgIpc) is 3.00. The van der Waals surface area contributed by atoms with Gasteiger partial charge in [0.2, 0.25) is 11.8 Å². The number of carbonyl (C=O) groups is 2. The first-order valence-electron chi connectivity index (χ1n) is 13.7. The molecule has 0 spiro atoms. The van der Waals surface area contributed by atoms with Crippen molar-refractivity contribution in [1.29, 1.82) is 0 Å². The number of aliphatic hydroxyl groups is 2. The summed E-state index contributed by atoms with van der Waals surface area (Å²) in [5, 5.41) is 26.4. The maximum atomic E-state index is 13.1. The molecule has 8 heteroatoms. The summed E-state index contributed by atoms with van der Waals surface area (Å²) < 4.78 is 11.0. The van der Waals surface area contributed by atoms with E-state index in [4.69, 9.17) is 9.47 Å². The molecule has 3 rings (SSSR count). The minimum absolute atomic E-state index is 0.0947. The monoisotopic (exact) mass is 560 g/mol. The zero-order chi connectivity index (χ0) is 29.5. The minimum atomic E-state index is -0.979. The van der Waals surface area contributed by atoms with E-state index >= 15 is 0 Å². The predicted octanol–water partition coefficient (Wildman–Crippen LogP) is 3.73. The third-order valence-corrected chi connectivity index (χ3v) is 6.69. The molecule has 2 amide bonds. The van der Waals surface area contributed by atoms with Crippen LogP contribution >= 0.6 is 0 Å². The molecule has 8 nitrogen and oxygen atoms in total. The first-order valence-corrected chi connectivity index (χ1v) is 13.7. The number of rotatable bonds is 17. The van der Waals surface area contributed by atoms with Crippen molar-refractivity contribution in [2.45, 2.75) is 44.1 Å². The Labute approximate surface area is 242 Å². The SMILES string of the molecule is C=CCC(CC(=O)NC(CO)Cc1ccc(OCc2ccccc2)cc1)C(=O)NC(COC)C(O)c1ccccc1. The molecule has 218 valence electrons. The largest absolute Gasteiger partial charge is 0.489 e. The Morgan fingerprint density at radius 1 is 0.927 bits per heavy atom. The Kier molecular flexibility index (Phi) is 13.1. The summed E-state index contributed by atoms with van der Waals surface area (Å²) in [4.78, 5) is 26.0. The van der Waals surface area contributed by atoms with Crippen LogP contribution in [0.3, 0.4) is 0 Å².